The summed E-state index contributed by atoms with van der Waals surface area (Å²) in [6, 6.07) is 21.8. The predicted octanol–water partition coefficient (Wildman–Crippen LogP) is 7.34. The Morgan fingerprint density at radius 1 is 0.923 bits per heavy atom. The molecule has 4 heterocycles. The molecule has 3 fully saturated rings. The number of pyridine rings is 1. The number of phenols is 1. The number of aromatic nitrogens is 1. The number of hydrogen-bond acceptors (Lipinski definition) is 8. The highest BCUT2D eigenvalue weighted by molar-refractivity contribution is 9.10. The normalized spacial score (nSPS) is 19.3. The third kappa shape index (κ3) is 10.2. The maximum atomic E-state index is 13.2. The lowest BCUT2D eigenvalue weighted by Crippen LogP contribution is -2.52. The van der Waals surface area contributed by atoms with Crippen LogP contribution in [0.15, 0.2) is 82.1 Å². The smallest absolute Gasteiger partial charge is 0.408 e. The van der Waals surface area contributed by atoms with Gasteiger partial charge in [0, 0.05) is 29.0 Å². The van der Waals surface area contributed by atoms with Crippen molar-refractivity contribution in [2.45, 2.75) is 76.0 Å². The molecular formula is C41H51BrN4O6. The van der Waals surface area contributed by atoms with Gasteiger partial charge in [0.2, 0.25) is 5.56 Å². The molecule has 3 saturated heterocycles. The van der Waals surface area contributed by atoms with Gasteiger partial charge in [0.1, 0.15) is 17.6 Å². The fourth-order valence-electron chi connectivity index (χ4n) is 7.48. The third-order valence-electron chi connectivity index (χ3n) is 10.4. The number of aromatic amines is 1. The summed E-state index contributed by atoms with van der Waals surface area (Å²) in [5.41, 5.74) is 2.62. The van der Waals surface area contributed by atoms with Crippen molar-refractivity contribution in [1.29, 1.82) is 0 Å². The second-order valence-electron chi connectivity index (χ2n) is 14.1. The molecule has 10 nitrogen and oxygen atoms in total. The molecule has 278 valence electrons. The van der Waals surface area contributed by atoms with Gasteiger partial charge in [0.15, 0.2) is 0 Å². The standard InChI is InChI=1S/C41H51BrN4O6/c42-34-16-13-30(25-33(34)39(29-11-7-6-8-12-29)45-41(50)52-37-27-46-22-19-28(37)20-23-46)51-24-10-5-3-1-2-4-9-21-43-26-36(48)31-14-17-35(47)40-32(31)15-18-38(49)44-40/h6-8,11-18,25,28,36-37,39,43,47-48H,1-5,9-10,19-24,26-27H2,(H,44,49)(H,45,50). The van der Waals surface area contributed by atoms with E-state index >= 15 is 0 Å². The van der Waals surface area contributed by atoms with Gasteiger partial charge in [-0.3, -0.25) is 9.69 Å². The summed E-state index contributed by atoms with van der Waals surface area (Å²) in [5, 5.41) is 27.9. The minimum absolute atomic E-state index is 0.0104. The Morgan fingerprint density at radius 2 is 1.67 bits per heavy atom. The van der Waals surface area contributed by atoms with Gasteiger partial charge in [-0.2, -0.15) is 0 Å². The maximum absolute atomic E-state index is 13.2. The van der Waals surface area contributed by atoms with E-state index in [0.717, 1.165) is 98.9 Å². The van der Waals surface area contributed by atoms with Gasteiger partial charge < -0.3 is 35.3 Å². The summed E-state index contributed by atoms with van der Waals surface area (Å²) >= 11 is 3.72. The number of aliphatic hydroxyl groups excluding tert-OH is 1. The molecule has 7 rings (SSSR count). The number of piperidine rings is 3. The van der Waals surface area contributed by atoms with Gasteiger partial charge in [0.25, 0.3) is 0 Å². The second-order valence-corrected chi connectivity index (χ2v) is 14.9. The monoisotopic (exact) mass is 774 g/mol. The molecule has 0 radical (unpaired) electrons. The van der Waals surface area contributed by atoms with E-state index in [4.69, 9.17) is 9.47 Å². The first-order chi connectivity index (χ1) is 25.4. The van der Waals surface area contributed by atoms with Crippen LogP contribution in [-0.2, 0) is 4.74 Å². The van der Waals surface area contributed by atoms with Crippen LogP contribution in [0.5, 0.6) is 11.5 Å². The van der Waals surface area contributed by atoms with Crippen molar-refractivity contribution in [3.8, 4) is 11.5 Å². The van der Waals surface area contributed by atoms with Crippen molar-refractivity contribution in [1.82, 2.24) is 20.5 Å². The number of H-pyrrole nitrogens is 1. The Hall–Kier alpha value is -3.90. The van der Waals surface area contributed by atoms with Crippen molar-refractivity contribution in [2.24, 2.45) is 5.92 Å². The number of rotatable bonds is 18. The van der Waals surface area contributed by atoms with Crippen molar-refractivity contribution >= 4 is 32.9 Å². The van der Waals surface area contributed by atoms with Gasteiger partial charge in [-0.1, -0.05) is 84.4 Å². The zero-order valence-corrected chi connectivity index (χ0v) is 31.3. The number of aromatic hydroxyl groups is 1. The zero-order chi connectivity index (χ0) is 36.3. The molecule has 3 aliphatic heterocycles. The Bertz CT molecular complexity index is 1810. The van der Waals surface area contributed by atoms with Gasteiger partial charge in [0.05, 0.1) is 24.3 Å². The van der Waals surface area contributed by atoms with Crippen LogP contribution in [0.4, 0.5) is 4.79 Å². The molecular weight excluding hydrogens is 724 g/mol. The molecule has 2 bridgehead atoms. The highest BCUT2D eigenvalue weighted by Crippen LogP contribution is 2.34. The summed E-state index contributed by atoms with van der Waals surface area (Å²) in [6.45, 7) is 4.86. The fourth-order valence-corrected chi connectivity index (χ4v) is 7.95. The number of amides is 1. The highest BCUT2D eigenvalue weighted by Gasteiger charge is 2.37. The number of aliphatic hydroxyl groups is 1. The van der Waals surface area contributed by atoms with Gasteiger partial charge >= 0.3 is 6.09 Å². The molecule has 1 amide bonds. The highest BCUT2D eigenvalue weighted by atomic mass is 79.9. The molecule has 0 spiro atoms. The minimum atomic E-state index is -0.745. The van der Waals surface area contributed by atoms with Crippen LogP contribution in [0.3, 0.4) is 0 Å². The Kier molecular flexibility index (Phi) is 13.6. The molecule has 1 aromatic heterocycles. The largest absolute Gasteiger partial charge is 0.506 e. The zero-order valence-electron chi connectivity index (χ0n) is 29.7. The fraction of sp³-hybridized carbons (Fsp3) is 0.463. The van der Waals surface area contributed by atoms with Crippen molar-refractivity contribution in [2.75, 3.05) is 39.3 Å². The van der Waals surface area contributed by atoms with Gasteiger partial charge in [-0.25, -0.2) is 4.79 Å². The number of unbranched alkanes of at least 4 members (excludes halogenated alkanes) is 6. The van der Waals surface area contributed by atoms with E-state index in [9.17, 15) is 19.8 Å². The number of benzene rings is 3. The van der Waals surface area contributed by atoms with E-state index in [0.29, 0.717) is 35.5 Å². The number of carbonyl (C=O) groups is 1. The van der Waals surface area contributed by atoms with Crippen LogP contribution in [0.2, 0.25) is 0 Å². The van der Waals surface area contributed by atoms with Gasteiger partial charge in [-0.05, 0) is 98.3 Å². The summed E-state index contributed by atoms with van der Waals surface area (Å²) in [5.74, 6) is 1.21. The first-order valence-corrected chi connectivity index (χ1v) is 19.6. The summed E-state index contributed by atoms with van der Waals surface area (Å²) in [6.07, 6.45) is 8.68. The van der Waals surface area contributed by atoms with Crippen LogP contribution in [0.25, 0.3) is 10.9 Å². The Balaban J connectivity index is 0.879. The molecule has 0 aliphatic carbocycles. The van der Waals surface area contributed by atoms with E-state index < -0.39 is 6.10 Å². The number of phenolic OH excluding ortho intramolecular Hbond substituents is 1. The number of nitrogens with zero attached hydrogens (tertiary/aromatic N) is 1. The molecule has 0 saturated carbocycles. The third-order valence-corrected chi connectivity index (χ3v) is 11.1. The van der Waals surface area contributed by atoms with E-state index in [-0.39, 0.29) is 29.5 Å². The van der Waals surface area contributed by atoms with Crippen molar-refractivity contribution < 1.29 is 24.5 Å². The lowest BCUT2D eigenvalue weighted by atomic mass is 9.86. The first-order valence-electron chi connectivity index (χ1n) is 18.8. The summed E-state index contributed by atoms with van der Waals surface area (Å²) in [7, 11) is 0. The van der Waals surface area contributed by atoms with Gasteiger partial charge in [-0.15, -0.1) is 0 Å². The summed E-state index contributed by atoms with van der Waals surface area (Å²) in [4.78, 5) is 29.9. The molecule has 3 unspecified atom stereocenters. The summed E-state index contributed by atoms with van der Waals surface area (Å²) < 4.78 is 13.1. The van der Waals surface area contributed by atoms with Crippen LogP contribution in [-0.4, -0.2) is 71.6 Å². The number of halogens is 1. The van der Waals surface area contributed by atoms with Crippen molar-refractivity contribution in [3.05, 3.63) is 104 Å². The molecule has 3 atom stereocenters. The molecule has 3 aliphatic rings. The van der Waals surface area contributed by atoms with Crippen molar-refractivity contribution in [3.63, 3.8) is 0 Å². The molecule has 5 N–H and O–H groups in total. The number of hydrogen-bond donors (Lipinski definition) is 5. The van der Waals surface area contributed by atoms with Crippen LogP contribution in [0.1, 0.15) is 86.6 Å². The topological polar surface area (TPSA) is 136 Å². The molecule has 3 aromatic carbocycles. The molecule has 11 heteroatoms. The second kappa shape index (κ2) is 18.7. The number of carbonyl (C=O) groups excluding carboxylic acids is 1. The predicted molar refractivity (Wildman–Crippen MR) is 207 cm³/mol. The van der Waals surface area contributed by atoms with E-state index in [1.165, 1.54) is 18.6 Å². The average Bonchev–Trinajstić information content (AvgIpc) is 3.16. The number of ether oxygens (including phenoxy) is 2. The quantitative estimate of drug-likeness (QED) is 0.0663. The van der Waals surface area contributed by atoms with E-state index in [1.807, 2.05) is 48.5 Å². The SMILES string of the molecule is O=C(NC(c1ccccc1)c1cc(OCCCCCCCCCNCC(O)c2ccc(O)c3[nH]c(=O)ccc23)ccc1Br)OC1CN2CCC1CC2. The molecule has 52 heavy (non-hydrogen) atoms. The number of nitrogens with one attached hydrogen (secondary N) is 3. The number of fused-ring (bicyclic) bond motifs is 4. The lowest BCUT2D eigenvalue weighted by molar-refractivity contribution is -0.0336. The van der Waals surface area contributed by atoms with E-state index in [1.54, 1.807) is 12.1 Å². The maximum Gasteiger partial charge on any atom is 0.408 e. The Labute approximate surface area is 314 Å². The number of alkyl carbamates (subject to hydrolysis) is 1. The minimum Gasteiger partial charge on any atom is -0.506 e. The van der Waals surface area contributed by atoms with Crippen LogP contribution >= 0.6 is 15.9 Å². The van der Waals surface area contributed by atoms with E-state index in [2.05, 4.69) is 36.4 Å². The Morgan fingerprint density at radius 3 is 2.42 bits per heavy atom. The van der Waals surface area contributed by atoms with Crippen LogP contribution < -0.4 is 20.9 Å². The first kappa shape index (κ1) is 37.8. The van der Waals surface area contributed by atoms with Crippen LogP contribution in [0, 0.1) is 5.92 Å². The lowest BCUT2D eigenvalue weighted by Gasteiger charge is -2.43. The average molecular weight is 776 g/mol. The molecule has 4 aromatic rings.